The number of carbonyl (C=O) groups excluding carboxylic acids is 2. The molecule has 0 aromatic rings. The molecule has 14 heteroatoms. The maximum Gasteiger partial charge on any atom is 0.326 e. The molecule has 14 nitrogen and oxygen atoms in total. The van der Waals surface area contributed by atoms with Crippen LogP contribution in [-0.4, -0.2) is 81.3 Å². The number of nitrogens with one attached hydrogen (secondary N) is 4. The van der Waals surface area contributed by atoms with E-state index in [9.17, 15) is 39.6 Å². The first-order chi connectivity index (χ1) is 22.0. The molecule has 0 radical (unpaired) electrons. The number of carboxylic acids is 2. The van der Waals surface area contributed by atoms with Gasteiger partial charge in [0.05, 0.1) is 6.04 Å². The maximum absolute atomic E-state index is 12.4. The molecule has 0 aliphatic heterocycles. The number of carboxylic acid groups (broad SMARTS) is 2. The third kappa shape index (κ3) is 24.8. The predicted octanol–water partition coefficient (Wildman–Crippen LogP) is 2.35. The Bertz CT molecular complexity index is 821. The average molecular weight is 661 g/mol. The molecule has 0 saturated carbocycles. The van der Waals surface area contributed by atoms with E-state index in [0.29, 0.717) is 32.2 Å². The van der Waals surface area contributed by atoms with Crippen molar-refractivity contribution in [2.45, 2.75) is 172 Å². The molecule has 0 bridgehead atoms. The molecule has 12 N–H and O–H groups in total. The Morgan fingerprint density at radius 1 is 0.609 bits per heavy atom. The molecule has 270 valence electrons. The lowest BCUT2D eigenvalue weighted by atomic mass is 10.0. The lowest BCUT2D eigenvalue weighted by Gasteiger charge is -2.20. The van der Waals surface area contributed by atoms with Crippen LogP contribution in [0.4, 0.5) is 0 Å². The van der Waals surface area contributed by atoms with Gasteiger partial charge >= 0.3 is 11.9 Å². The number of primary amides is 1. The highest BCUT2D eigenvalue weighted by Gasteiger charge is 2.24. The smallest absolute Gasteiger partial charge is 0.326 e. The molecule has 0 spiro atoms. The van der Waals surface area contributed by atoms with Crippen molar-refractivity contribution in [2.75, 3.05) is 6.54 Å². The number of carbonyl (C=O) groups is 4. The summed E-state index contributed by atoms with van der Waals surface area (Å²) in [6.45, 7) is 2.64. The van der Waals surface area contributed by atoms with Crippen molar-refractivity contribution in [1.29, 1.82) is 0 Å². The van der Waals surface area contributed by atoms with Crippen molar-refractivity contribution in [1.82, 2.24) is 21.4 Å². The van der Waals surface area contributed by atoms with E-state index in [1.54, 1.807) is 0 Å². The largest absolute Gasteiger partial charge is 0.480 e. The van der Waals surface area contributed by atoms with Gasteiger partial charge in [0, 0.05) is 6.42 Å². The molecule has 0 rings (SSSR count). The van der Waals surface area contributed by atoms with E-state index in [2.05, 4.69) is 28.3 Å². The fourth-order valence-electron chi connectivity index (χ4n) is 5.22. The fraction of sp³-hybridized carbons (Fsp3) is 0.875. The van der Waals surface area contributed by atoms with E-state index in [-0.39, 0.29) is 25.7 Å². The highest BCUT2D eigenvalue weighted by molar-refractivity contribution is 5.84. The summed E-state index contributed by atoms with van der Waals surface area (Å²) < 4.78 is 0. The number of aliphatic hydroxyl groups excluding tert-OH is 2. The molecule has 5 atom stereocenters. The SMILES string of the molecule is CCCCCCCCCCCCCCCC(O)N[C@H](CCC(=O)NC(CCC(O)NCCCCC(NN)C(N)=O)C(=O)O)C(=O)O. The Morgan fingerprint density at radius 3 is 1.63 bits per heavy atom. The van der Waals surface area contributed by atoms with Gasteiger partial charge in [-0.2, -0.15) is 0 Å². The Kier molecular flexibility index (Phi) is 27.4. The van der Waals surface area contributed by atoms with Gasteiger partial charge in [0.25, 0.3) is 0 Å². The third-order valence-corrected chi connectivity index (χ3v) is 8.14. The van der Waals surface area contributed by atoms with E-state index in [4.69, 9.17) is 11.6 Å². The molecule has 0 aliphatic carbocycles. The van der Waals surface area contributed by atoms with Crippen LogP contribution in [0.3, 0.4) is 0 Å². The van der Waals surface area contributed by atoms with Gasteiger partial charge in [0.15, 0.2) is 0 Å². The first-order valence-corrected chi connectivity index (χ1v) is 17.4. The van der Waals surface area contributed by atoms with Crippen molar-refractivity contribution in [3.05, 3.63) is 0 Å². The van der Waals surface area contributed by atoms with E-state index >= 15 is 0 Å². The van der Waals surface area contributed by atoms with E-state index in [1.807, 2.05) is 0 Å². The number of unbranched alkanes of at least 4 members (excludes halogenated alkanes) is 13. The zero-order chi connectivity index (χ0) is 34.6. The van der Waals surface area contributed by atoms with Crippen LogP contribution in [0.5, 0.6) is 0 Å². The fourth-order valence-corrected chi connectivity index (χ4v) is 5.22. The number of aliphatic carboxylic acids is 2. The summed E-state index contributed by atoms with van der Waals surface area (Å²) in [6.07, 6.45) is 15.4. The van der Waals surface area contributed by atoms with Crippen LogP contribution in [0.25, 0.3) is 0 Å². The first-order valence-electron chi connectivity index (χ1n) is 17.4. The van der Waals surface area contributed by atoms with Crippen molar-refractivity contribution >= 4 is 23.8 Å². The lowest BCUT2D eigenvalue weighted by molar-refractivity contribution is -0.143. The van der Waals surface area contributed by atoms with Crippen LogP contribution in [0, 0.1) is 0 Å². The Labute approximate surface area is 275 Å². The third-order valence-electron chi connectivity index (χ3n) is 8.14. The van der Waals surface area contributed by atoms with Crippen LogP contribution in [-0.2, 0) is 19.2 Å². The second-order valence-corrected chi connectivity index (χ2v) is 12.3. The van der Waals surface area contributed by atoms with E-state index in [1.165, 1.54) is 57.8 Å². The summed E-state index contributed by atoms with van der Waals surface area (Å²) in [5.41, 5.74) is 7.53. The maximum atomic E-state index is 12.4. The number of hydrazine groups is 1. The number of hydrogen-bond donors (Lipinski definition) is 10. The summed E-state index contributed by atoms with van der Waals surface area (Å²) in [4.78, 5) is 46.9. The summed E-state index contributed by atoms with van der Waals surface area (Å²) in [6, 6.07) is -3.05. The van der Waals surface area contributed by atoms with Crippen LogP contribution < -0.4 is 33.0 Å². The van der Waals surface area contributed by atoms with Gasteiger partial charge in [-0.3, -0.25) is 30.9 Å². The molecule has 0 fully saturated rings. The number of hydrogen-bond acceptors (Lipinski definition) is 10. The average Bonchev–Trinajstić information content (AvgIpc) is 3.00. The van der Waals surface area contributed by atoms with Crippen LogP contribution in [0.15, 0.2) is 0 Å². The molecule has 0 aromatic heterocycles. The minimum Gasteiger partial charge on any atom is -0.480 e. The molecule has 2 amide bonds. The standard InChI is InChI=1S/C32H64N6O8/c1-2-3-4-5-6-7-8-9-10-11-12-13-14-18-28(40)36-26(32(45)46)20-22-29(41)37-25(31(43)44)19-21-27(39)35-23-16-15-17-24(38-34)30(33)42/h24-28,35-36,38-40H,2-23,34H2,1H3,(H2,33,42)(H,37,41)(H,43,44)(H,45,46)/t24?,25?,26-,27?,28?/m1/s1. The molecular weight excluding hydrogens is 596 g/mol. The number of aliphatic hydroxyl groups is 2. The van der Waals surface area contributed by atoms with Crippen molar-refractivity contribution in [2.24, 2.45) is 11.6 Å². The van der Waals surface area contributed by atoms with E-state index < -0.39 is 54.3 Å². The zero-order valence-electron chi connectivity index (χ0n) is 28.0. The van der Waals surface area contributed by atoms with Crippen molar-refractivity contribution < 1.29 is 39.6 Å². The van der Waals surface area contributed by atoms with Crippen LogP contribution in [0.1, 0.15) is 142 Å². The minimum absolute atomic E-state index is 0.0471. The van der Waals surface area contributed by atoms with Gasteiger partial charge in [-0.05, 0) is 51.5 Å². The number of amides is 2. The quantitative estimate of drug-likeness (QED) is 0.0211. The van der Waals surface area contributed by atoms with Crippen LogP contribution >= 0.6 is 0 Å². The molecule has 4 unspecified atom stereocenters. The monoisotopic (exact) mass is 660 g/mol. The summed E-state index contributed by atoms with van der Waals surface area (Å²) in [5, 5.41) is 47.3. The van der Waals surface area contributed by atoms with Gasteiger partial charge in [0.2, 0.25) is 11.8 Å². The predicted molar refractivity (Wildman–Crippen MR) is 177 cm³/mol. The first kappa shape index (κ1) is 43.6. The molecule has 0 heterocycles. The Balaban J connectivity index is 4.19. The highest BCUT2D eigenvalue weighted by Crippen LogP contribution is 2.14. The Morgan fingerprint density at radius 2 is 1.13 bits per heavy atom. The molecule has 0 aliphatic rings. The van der Waals surface area contributed by atoms with Gasteiger partial charge in [0.1, 0.15) is 24.5 Å². The molecule has 0 saturated heterocycles. The minimum atomic E-state index is -1.27. The van der Waals surface area contributed by atoms with Gasteiger partial charge in [-0.1, -0.05) is 90.4 Å². The van der Waals surface area contributed by atoms with Crippen molar-refractivity contribution in [3.63, 3.8) is 0 Å². The van der Waals surface area contributed by atoms with E-state index in [0.717, 1.165) is 25.7 Å². The summed E-state index contributed by atoms with van der Waals surface area (Å²) in [7, 11) is 0. The highest BCUT2D eigenvalue weighted by atomic mass is 16.4. The molecular formula is C32H64N6O8. The second kappa shape index (κ2) is 28.8. The van der Waals surface area contributed by atoms with Gasteiger partial charge in [-0.25, -0.2) is 10.2 Å². The summed E-state index contributed by atoms with van der Waals surface area (Å²) in [5.74, 6) is 1.60. The molecule has 0 aromatic carbocycles. The van der Waals surface area contributed by atoms with Crippen LogP contribution in [0.2, 0.25) is 0 Å². The second-order valence-electron chi connectivity index (χ2n) is 12.3. The van der Waals surface area contributed by atoms with Gasteiger partial charge < -0.3 is 31.5 Å². The molecule has 46 heavy (non-hydrogen) atoms. The normalized spacial score (nSPS) is 14.7. The zero-order valence-corrected chi connectivity index (χ0v) is 28.0. The Hall–Kier alpha value is -2.36. The number of nitrogens with two attached hydrogens (primary N) is 2. The summed E-state index contributed by atoms with van der Waals surface area (Å²) >= 11 is 0. The lowest BCUT2D eigenvalue weighted by Crippen LogP contribution is -2.45. The topological polar surface area (TPSA) is 249 Å². The van der Waals surface area contributed by atoms with Gasteiger partial charge in [-0.15, -0.1) is 0 Å². The number of rotatable bonds is 33. The van der Waals surface area contributed by atoms with Crippen molar-refractivity contribution in [3.8, 4) is 0 Å².